The second-order valence-electron chi connectivity index (χ2n) is 6.06. The number of ether oxygens (including phenoxy) is 1. The van der Waals surface area contributed by atoms with Crippen LogP contribution >= 0.6 is 11.6 Å². The standard InChI is InChI=1S/C18H16ClFN4O2/c1-11-15-16(19)14(18(25)23-6-8-26-9-7-23)10-21-17(15)24(22-11)13-4-2-12(20)3-5-13/h2-5,10H,6-9H2,1H3. The largest absolute Gasteiger partial charge is 0.378 e. The Hall–Kier alpha value is -2.51. The molecule has 1 amide bonds. The average molecular weight is 375 g/mol. The number of amides is 1. The van der Waals surface area contributed by atoms with Gasteiger partial charge in [-0.05, 0) is 31.2 Å². The monoisotopic (exact) mass is 374 g/mol. The van der Waals surface area contributed by atoms with Crippen molar-refractivity contribution in [3.05, 3.63) is 52.6 Å². The van der Waals surface area contributed by atoms with Crippen LogP contribution in [0.5, 0.6) is 0 Å². The van der Waals surface area contributed by atoms with Crippen LogP contribution in [0.4, 0.5) is 4.39 Å². The number of aryl methyl sites for hydroxylation is 1. The summed E-state index contributed by atoms with van der Waals surface area (Å²) in [6.07, 6.45) is 1.48. The number of hydrogen-bond donors (Lipinski definition) is 0. The van der Waals surface area contributed by atoms with Gasteiger partial charge in [0.2, 0.25) is 0 Å². The third-order valence-electron chi connectivity index (χ3n) is 4.41. The van der Waals surface area contributed by atoms with Gasteiger partial charge in [-0.3, -0.25) is 4.79 Å². The van der Waals surface area contributed by atoms with E-state index < -0.39 is 0 Å². The number of aromatic nitrogens is 3. The van der Waals surface area contributed by atoms with Crippen molar-refractivity contribution in [2.75, 3.05) is 26.3 Å². The maximum Gasteiger partial charge on any atom is 0.257 e. The van der Waals surface area contributed by atoms with Crippen LogP contribution in [0.15, 0.2) is 30.5 Å². The molecule has 8 heteroatoms. The topological polar surface area (TPSA) is 60.2 Å². The fourth-order valence-electron chi connectivity index (χ4n) is 3.06. The Labute approximate surface area is 154 Å². The van der Waals surface area contributed by atoms with Crippen molar-refractivity contribution in [1.82, 2.24) is 19.7 Å². The van der Waals surface area contributed by atoms with E-state index in [-0.39, 0.29) is 11.7 Å². The minimum absolute atomic E-state index is 0.165. The molecule has 134 valence electrons. The lowest BCUT2D eigenvalue weighted by Gasteiger charge is -2.27. The van der Waals surface area contributed by atoms with E-state index in [0.717, 1.165) is 0 Å². The molecule has 1 aliphatic heterocycles. The molecule has 1 aromatic carbocycles. The summed E-state index contributed by atoms with van der Waals surface area (Å²) in [4.78, 5) is 18.9. The lowest BCUT2D eigenvalue weighted by atomic mass is 10.1. The zero-order valence-corrected chi connectivity index (χ0v) is 14.8. The Kier molecular flexibility index (Phi) is 4.34. The lowest BCUT2D eigenvalue weighted by Crippen LogP contribution is -2.40. The second kappa shape index (κ2) is 6.66. The van der Waals surface area contributed by atoms with E-state index >= 15 is 0 Å². The third kappa shape index (κ3) is 2.83. The SMILES string of the molecule is Cc1nn(-c2ccc(F)cc2)c2ncc(C(=O)N3CCOCC3)c(Cl)c12. The maximum absolute atomic E-state index is 13.2. The molecule has 0 saturated carbocycles. The molecule has 1 saturated heterocycles. The van der Waals surface area contributed by atoms with Crippen molar-refractivity contribution in [1.29, 1.82) is 0 Å². The van der Waals surface area contributed by atoms with Gasteiger partial charge in [0.25, 0.3) is 5.91 Å². The fourth-order valence-corrected chi connectivity index (χ4v) is 3.41. The number of nitrogens with zero attached hydrogens (tertiary/aromatic N) is 4. The molecule has 1 aliphatic rings. The number of carbonyl (C=O) groups excluding carboxylic acids is 1. The number of pyridine rings is 1. The Balaban J connectivity index is 1.80. The molecule has 4 rings (SSSR count). The molecule has 3 heterocycles. The second-order valence-corrected chi connectivity index (χ2v) is 6.44. The summed E-state index contributed by atoms with van der Waals surface area (Å²) < 4.78 is 20.1. The van der Waals surface area contributed by atoms with E-state index in [2.05, 4.69) is 10.1 Å². The zero-order chi connectivity index (χ0) is 18.3. The van der Waals surface area contributed by atoms with Gasteiger partial charge >= 0.3 is 0 Å². The first-order valence-corrected chi connectivity index (χ1v) is 8.61. The summed E-state index contributed by atoms with van der Waals surface area (Å²) in [5.74, 6) is -0.493. The summed E-state index contributed by atoms with van der Waals surface area (Å²) >= 11 is 6.55. The van der Waals surface area contributed by atoms with Gasteiger partial charge in [-0.25, -0.2) is 14.1 Å². The van der Waals surface area contributed by atoms with Crippen molar-refractivity contribution >= 4 is 28.5 Å². The number of benzene rings is 1. The van der Waals surface area contributed by atoms with Crippen molar-refractivity contribution in [2.45, 2.75) is 6.92 Å². The fraction of sp³-hybridized carbons (Fsp3) is 0.278. The van der Waals surface area contributed by atoms with Crippen LogP contribution in [-0.4, -0.2) is 51.9 Å². The molecular formula is C18H16ClFN4O2. The smallest absolute Gasteiger partial charge is 0.257 e. The minimum atomic E-state index is -0.327. The molecule has 0 aliphatic carbocycles. The number of morpholine rings is 1. The molecule has 0 radical (unpaired) electrons. The molecule has 3 aromatic rings. The van der Waals surface area contributed by atoms with Crippen LogP contribution in [0.3, 0.4) is 0 Å². The van der Waals surface area contributed by atoms with Crippen LogP contribution in [0.25, 0.3) is 16.7 Å². The summed E-state index contributed by atoms with van der Waals surface area (Å²) in [6.45, 7) is 3.89. The first-order chi connectivity index (χ1) is 12.6. The molecular weight excluding hydrogens is 359 g/mol. The van der Waals surface area contributed by atoms with Gasteiger partial charge in [0.15, 0.2) is 5.65 Å². The number of halogens is 2. The summed E-state index contributed by atoms with van der Waals surface area (Å²) in [6, 6.07) is 5.94. The number of fused-ring (bicyclic) bond motifs is 1. The number of rotatable bonds is 2. The van der Waals surface area contributed by atoms with Gasteiger partial charge in [-0.1, -0.05) is 11.6 Å². The predicted octanol–water partition coefficient (Wildman–Crippen LogP) is 2.99. The highest BCUT2D eigenvalue weighted by Gasteiger charge is 2.24. The van der Waals surface area contributed by atoms with Gasteiger partial charge in [-0.15, -0.1) is 0 Å². The maximum atomic E-state index is 13.2. The van der Waals surface area contributed by atoms with E-state index in [1.807, 2.05) is 0 Å². The first-order valence-electron chi connectivity index (χ1n) is 8.23. The summed E-state index contributed by atoms with van der Waals surface area (Å²) in [5.41, 5.74) is 2.19. The Morgan fingerprint density at radius 2 is 1.92 bits per heavy atom. The van der Waals surface area contributed by atoms with Gasteiger partial charge in [0.1, 0.15) is 5.82 Å². The van der Waals surface area contributed by atoms with Crippen LogP contribution in [0.1, 0.15) is 16.1 Å². The van der Waals surface area contributed by atoms with E-state index in [9.17, 15) is 9.18 Å². The number of hydrogen-bond acceptors (Lipinski definition) is 4. The molecule has 0 bridgehead atoms. The van der Waals surface area contributed by atoms with Gasteiger partial charge in [0, 0.05) is 19.3 Å². The van der Waals surface area contributed by atoms with E-state index in [4.69, 9.17) is 16.3 Å². The van der Waals surface area contributed by atoms with E-state index in [0.29, 0.717) is 59.3 Å². The van der Waals surface area contributed by atoms with Gasteiger partial charge < -0.3 is 9.64 Å². The predicted molar refractivity (Wildman–Crippen MR) is 95.3 cm³/mol. The van der Waals surface area contributed by atoms with E-state index in [1.165, 1.54) is 18.3 Å². The Morgan fingerprint density at radius 1 is 1.23 bits per heavy atom. The Morgan fingerprint density at radius 3 is 2.62 bits per heavy atom. The highest BCUT2D eigenvalue weighted by Crippen LogP contribution is 2.30. The molecule has 2 aromatic heterocycles. The molecule has 0 unspecified atom stereocenters. The Bertz CT molecular complexity index is 981. The van der Waals surface area contributed by atoms with Crippen molar-refractivity contribution in [2.24, 2.45) is 0 Å². The molecule has 1 fully saturated rings. The number of carbonyl (C=O) groups is 1. The minimum Gasteiger partial charge on any atom is -0.378 e. The highest BCUT2D eigenvalue weighted by atomic mass is 35.5. The van der Waals surface area contributed by atoms with Crippen molar-refractivity contribution < 1.29 is 13.9 Å². The van der Waals surface area contributed by atoms with Crippen molar-refractivity contribution in [3.63, 3.8) is 0 Å². The van der Waals surface area contributed by atoms with Crippen molar-refractivity contribution in [3.8, 4) is 5.69 Å². The van der Waals surface area contributed by atoms with Gasteiger partial charge in [-0.2, -0.15) is 5.10 Å². The molecule has 26 heavy (non-hydrogen) atoms. The molecule has 0 spiro atoms. The van der Waals surface area contributed by atoms with Crippen LogP contribution in [0, 0.1) is 12.7 Å². The lowest BCUT2D eigenvalue weighted by molar-refractivity contribution is 0.0303. The van der Waals surface area contributed by atoms with E-state index in [1.54, 1.807) is 28.6 Å². The van der Waals surface area contributed by atoms with Crippen LogP contribution < -0.4 is 0 Å². The zero-order valence-electron chi connectivity index (χ0n) is 14.1. The highest BCUT2D eigenvalue weighted by molar-refractivity contribution is 6.38. The quantitative estimate of drug-likeness (QED) is 0.692. The summed E-state index contributed by atoms with van der Waals surface area (Å²) in [7, 11) is 0. The summed E-state index contributed by atoms with van der Waals surface area (Å²) in [5, 5.41) is 5.42. The average Bonchev–Trinajstić information content (AvgIpc) is 3.00. The first kappa shape index (κ1) is 16.9. The van der Waals surface area contributed by atoms with Crippen LogP contribution in [-0.2, 0) is 4.74 Å². The molecule has 6 nitrogen and oxygen atoms in total. The molecule has 0 N–H and O–H groups in total. The normalized spacial score (nSPS) is 14.8. The van der Waals surface area contributed by atoms with Gasteiger partial charge in [0.05, 0.1) is 40.6 Å². The third-order valence-corrected chi connectivity index (χ3v) is 4.80. The van der Waals surface area contributed by atoms with Crippen LogP contribution in [0.2, 0.25) is 5.02 Å². The molecule has 0 atom stereocenters.